The summed E-state index contributed by atoms with van der Waals surface area (Å²) in [4.78, 5) is 2.45. The van der Waals surface area contributed by atoms with E-state index in [0.717, 1.165) is 55.1 Å². The first-order valence-electron chi connectivity index (χ1n) is 9.06. The Morgan fingerprint density at radius 3 is 2.42 bits per heavy atom. The van der Waals surface area contributed by atoms with Crippen molar-refractivity contribution in [3.63, 3.8) is 0 Å². The predicted octanol–water partition coefficient (Wildman–Crippen LogP) is 4.46. The molecule has 4 nitrogen and oxygen atoms in total. The monoisotopic (exact) mass is 400 g/mol. The third kappa shape index (κ3) is 7.41. The molecule has 0 spiro atoms. The summed E-state index contributed by atoms with van der Waals surface area (Å²) in [6.45, 7) is 16.3. The molecule has 1 aromatic rings. The molecule has 1 rings (SSSR count). The van der Waals surface area contributed by atoms with E-state index in [-0.39, 0.29) is 6.10 Å². The fraction of sp³-hybridized carbons (Fsp3) is 0.684. The average Bonchev–Trinajstić information content (AvgIpc) is 2.54. The van der Waals surface area contributed by atoms with Crippen LogP contribution >= 0.6 is 15.9 Å². The molecule has 0 radical (unpaired) electrons. The van der Waals surface area contributed by atoms with Crippen molar-refractivity contribution in [2.75, 3.05) is 32.8 Å². The maximum Gasteiger partial charge on any atom is 0.162 e. The predicted molar refractivity (Wildman–Crippen MR) is 105 cm³/mol. The Bertz CT molecular complexity index is 477. The highest BCUT2D eigenvalue weighted by molar-refractivity contribution is 9.10. The van der Waals surface area contributed by atoms with Crippen molar-refractivity contribution >= 4 is 15.9 Å². The maximum atomic E-state index is 5.85. The topological polar surface area (TPSA) is 33.7 Å². The van der Waals surface area contributed by atoms with Crippen LogP contribution in [0.25, 0.3) is 0 Å². The number of hydrogen-bond donors (Lipinski definition) is 1. The van der Waals surface area contributed by atoms with Crippen LogP contribution in [0.5, 0.6) is 11.5 Å². The van der Waals surface area contributed by atoms with Gasteiger partial charge in [0.1, 0.15) is 0 Å². The van der Waals surface area contributed by atoms with Gasteiger partial charge in [0.05, 0.1) is 12.7 Å². The average molecular weight is 401 g/mol. The Morgan fingerprint density at radius 1 is 1.12 bits per heavy atom. The third-order valence-corrected chi connectivity index (χ3v) is 4.55. The van der Waals surface area contributed by atoms with Gasteiger partial charge in [-0.3, -0.25) is 0 Å². The van der Waals surface area contributed by atoms with E-state index in [1.807, 2.05) is 26.8 Å². The Morgan fingerprint density at radius 2 is 1.83 bits per heavy atom. The van der Waals surface area contributed by atoms with Crippen LogP contribution in [-0.4, -0.2) is 43.8 Å². The van der Waals surface area contributed by atoms with Crippen molar-refractivity contribution in [1.29, 1.82) is 0 Å². The van der Waals surface area contributed by atoms with Gasteiger partial charge in [0.15, 0.2) is 11.5 Å². The van der Waals surface area contributed by atoms with Crippen LogP contribution in [0.15, 0.2) is 16.6 Å². The van der Waals surface area contributed by atoms with Crippen LogP contribution in [0.3, 0.4) is 0 Å². The maximum absolute atomic E-state index is 5.85. The second kappa shape index (κ2) is 11.7. The summed E-state index contributed by atoms with van der Waals surface area (Å²) >= 11 is 3.65. The first-order chi connectivity index (χ1) is 11.5. The lowest BCUT2D eigenvalue weighted by atomic mass is 10.2. The second-order valence-electron chi connectivity index (χ2n) is 6.05. The summed E-state index contributed by atoms with van der Waals surface area (Å²) in [5, 5.41) is 3.52. The molecule has 0 aromatic heterocycles. The first kappa shape index (κ1) is 21.3. The molecule has 0 bridgehead atoms. The summed E-state index contributed by atoms with van der Waals surface area (Å²) in [6, 6.07) is 4.08. The minimum atomic E-state index is 0.125. The summed E-state index contributed by atoms with van der Waals surface area (Å²) in [5.74, 6) is 1.61. The number of nitrogens with zero attached hydrogens (tertiary/aromatic N) is 1. The van der Waals surface area contributed by atoms with Crippen molar-refractivity contribution < 1.29 is 9.47 Å². The van der Waals surface area contributed by atoms with Crippen LogP contribution in [0.2, 0.25) is 0 Å². The van der Waals surface area contributed by atoms with Gasteiger partial charge in [-0.05, 0) is 71.1 Å². The molecule has 1 N–H and O–H groups in total. The van der Waals surface area contributed by atoms with E-state index < -0.39 is 0 Å². The zero-order valence-corrected chi connectivity index (χ0v) is 17.4. The number of ether oxygens (including phenoxy) is 2. The van der Waals surface area contributed by atoms with E-state index in [4.69, 9.17) is 9.47 Å². The number of hydrogen-bond acceptors (Lipinski definition) is 4. The van der Waals surface area contributed by atoms with Gasteiger partial charge >= 0.3 is 0 Å². The van der Waals surface area contributed by atoms with E-state index in [9.17, 15) is 0 Å². The van der Waals surface area contributed by atoms with Gasteiger partial charge in [0.2, 0.25) is 0 Å². The third-order valence-electron chi connectivity index (χ3n) is 3.81. The van der Waals surface area contributed by atoms with E-state index in [1.165, 1.54) is 5.56 Å². The summed E-state index contributed by atoms with van der Waals surface area (Å²) in [6.07, 6.45) is 1.28. The van der Waals surface area contributed by atoms with Crippen molar-refractivity contribution in [1.82, 2.24) is 10.2 Å². The van der Waals surface area contributed by atoms with E-state index in [1.54, 1.807) is 0 Å². The van der Waals surface area contributed by atoms with Crippen LogP contribution in [0.4, 0.5) is 0 Å². The van der Waals surface area contributed by atoms with Crippen molar-refractivity contribution in [2.24, 2.45) is 0 Å². The first-order valence-corrected chi connectivity index (χ1v) is 9.85. The van der Waals surface area contributed by atoms with Crippen LogP contribution in [-0.2, 0) is 6.54 Å². The fourth-order valence-electron chi connectivity index (χ4n) is 2.52. The zero-order valence-electron chi connectivity index (χ0n) is 15.8. The molecule has 138 valence electrons. The normalized spacial score (nSPS) is 11.3. The lowest BCUT2D eigenvalue weighted by molar-refractivity contribution is 0.223. The largest absolute Gasteiger partial charge is 0.490 e. The Balaban J connectivity index is 2.59. The Labute approximate surface area is 156 Å². The van der Waals surface area contributed by atoms with Gasteiger partial charge in [-0.2, -0.15) is 0 Å². The molecule has 0 fully saturated rings. The fourth-order valence-corrected chi connectivity index (χ4v) is 2.98. The summed E-state index contributed by atoms with van der Waals surface area (Å²) in [5.41, 5.74) is 1.19. The van der Waals surface area contributed by atoms with E-state index in [2.05, 4.69) is 46.1 Å². The Kier molecular flexibility index (Phi) is 10.4. The SMILES string of the molecule is CCOc1cc(CNCCCN(CC)CC)c(Br)cc1OC(C)C. The van der Waals surface area contributed by atoms with Gasteiger partial charge in [-0.1, -0.05) is 29.8 Å². The molecular formula is C19H33BrN2O2. The standard InChI is InChI=1S/C19H33BrN2O2/c1-6-22(7-2)11-9-10-21-14-16-12-18(23-8-3)19(13-17(16)20)24-15(4)5/h12-13,15,21H,6-11,14H2,1-5H3. The molecule has 0 unspecified atom stereocenters. The van der Waals surface area contributed by atoms with Crippen LogP contribution < -0.4 is 14.8 Å². The second-order valence-corrected chi connectivity index (χ2v) is 6.90. The van der Waals surface area contributed by atoms with Crippen LogP contribution in [0, 0.1) is 0 Å². The van der Waals surface area contributed by atoms with E-state index in [0.29, 0.717) is 6.61 Å². The molecule has 0 amide bonds. The summed E-state index contributed by atoms with van der Waals surface area (Å²) in [7, 11) is 0. The van der Waals surface area contributed by atoms with Crippen molar-refractivity contribution in [3.8, 4) is 11.5 Å². The molecule has 0 aliphatic carbocycles. The van der Waals surface area contributed by atoms with Gasteiger partial charge in [-0.25, -0.2) is 0 Å². The smallest absolute Gasteiger partial charge is 0.162 e. The molecule has 0 saturated heterocycles. The highest BCUT2D eigenvalue weighted by Gasteiger charge is 2.12. The lowest BCUT2D eigenvalue weighted by Crippen LogP contribution is -2.27. The molecule has 0 aliphatic heterocycles. The van der Waals surface area contributed by atoms with Crippen LogP contribution in [0.1, 0.15) is 46.6 Å². The van der Waals surface area contributed by atoms with Gasteiger partial charge in [0.25, 0.3) is 0 Å². The number of nitrogens with one attached hydrogen (secondary N) is 1. The van der Waals surface area contributed by atoms with E-state index >= 15 is 0 Å². The lowest BCUT2D eigenvalue weighted by Gasteiger charge is -2.18. The number of benzene rings is 1. The Hall–Kier alpha value is -0.780. The summed E-state index contributed by atoms with van der Waals surface area (Å²) < 4.78 is 12.6. The van der Waals surface area contributed by atoms with Crippen molar-refractivity contribution in [2.45, 2.75) is 53.7 Å². The molecule has 5 heteroatoms. The molecule has 24 heavy (non-hydrogen) atoms. The molecule has 1 aromatic carbocycles. The molecule has 0 saturated carbocycles. The van der Waals surface area contributed by atoms with Gasteiger partial charge in [0, 0.05) is 11.0 Å². The molecular weight excluding hydrogens is 368 g/mol. The highest BCUT2D eigenvalue weighted by atomic mass is 79.9. The van der Waals surface area contributed by atoms with Gasteiger partial charge in [-0.15, -0.1) is 0 Å². The number of halogens is 1. The zero-order chi connectivity index (χ0) is 17.9. The van der Waals surface area contributed by atoms with Gasteiger partial charge < -0.3 is 19.7 Å². The highest BCUT2D eigenvalue weighted by Crippen LogP contribution is 2.34. The molecule has 0 aliphatic rings. The quantitative estimate of drug-likeness (QED) is 0.525. The minimum Gasteiger partial charge on any atom is -0.490 e. The molecule has 0 heterocycles. The van der Waals surface area contributed by atoms with Crippen molar-refractivity contribution in [3.05, 3.63) is 22.2 Å². The molecule has 0 atom stereocenters. The minimum absolute atomic E-state index is 0.125. The number of rotatable bonds is 12.